The molecule has 0 unspecified atom stereocenters. The first-order valence-electron chi connectivity index (χ1n) is 6.47. The summed E-state index contributed by atoms with van der Waals surface area (Å²) in [5.74, 6) is -0.262. The molecule has 0 aliphatic rings. The van der Waals surface area contributed by atoms with Gasteiger partial charge in [0.1, 0.15) is 0 Å². The number of hydrogen-bond donors (Lipinski definition) is 2. The predicted molar refractivity (Wildman–Crippen MR) is 77.5 cm³/mol. The molecule has 0 bridgehead atoms. The molecule has 1 heterocycles. The molecule has 0 spiro atoms. The summed E-state index contributed by atoms with van der Waals surface area (Å²) in [7, 11) is 0. The van der Waals surface area contributed by atoms with Crippen molar-refractivity contribution in [1.82, 2.24) is 15.6 Å². The molecule has 0 saturated carbocycles. The largest absolute Gasteiger partial charge is 0.355 e. The Labute approximate surface area is 117 Å². The summed E-state index contributed by atoms with van der Waals surface area (Å²) < 4.78 is 0. The molecule has 0 fully saturated rings. The molecule has 2 amide bonds. The Morgan fingerprint density at radius 1 is 1.15 bits per heavy atom. The molecule has 5 nitrogen and oxygen atoms in total. The third-order valence-corrected chi connectivity index (χ3v) is 2.87. The zero-order chi connectivity index (χ0) is 14.5. The van der Waals surface area contributed by atoms with Crippen molar-refractivity contribution in [3.8, 4) is 0 Å². The van der Waals surface area contributed by atoms with Crippen LogP contribution >= 0.6 is 0 Å². The molecule has 1 aromatic carbocycles. The molecule has 20 heavy (non-hydrogen) atoms. The molecule has 0 radical (unpaired) electrons. The van der Waals surface area contributed by atoms with Gasteiger partial charge in [0.15, 0.2) is 0 Å². The van der Waals surface area contributed by atoms with E-state index in [1.54, 1.807) is 6.07 Å². The van der Waals surface area contributed by atoms with Gasteiger partial charge in [-0.1, -0.05) is 18.2 Å². The summed E-state index contributed by atoms with van der Waals surface area (Å²) >= 11 is 0. The minimum Gasteiger partial charge on any atom is -0.355 e. The average Bonchev–Trinajstić information content (AvgIpc) is 2.42. The van der Waals surface area contributed by atoms with E-state index in [9.17, 15) is 9.59 Å². The highest BCUT2D eigenvalue weighted by Crippen LogP contribution is 2.17. The summed E-state index contributed by atoms with van der Waals surface area (Å²) in [5, 5.41) is 6.26. The van der Waals surface area contributed by atoms with Crippen LogP contribution in [0.4, 0.5) is 0 Å². The van der Waals surface area contributed by atoms with Crippen molar-refractivity contribution in [2.75, 3.05) is 13.1 Å². The summed E-state index contributed by atoms with van der Waals surface area (Å²) in [6, 6.07) is 9.32. The minimum atomic E-state index is -0.156. The van der Waals surface area contributed by atoms with Crippen LogP contribution < -0.4 is 10.6 Å². The number of aryl methyl sites for hydroxylation is 1. The van der Waals surface area contributed by atoms with Gasteiger partial charge in [-0.05, 0) is 19.1 Å². The Morgan fingerprint density at radius 3 is 2.60 bits per heavy atom. The van der Waals surface area contributed by atoms with E-state index in [1.165, 1.54) is 6.92 Å². The normalized spacial score (nSPS) is 10.3. The fourth-order valence-corrected chi connectivity index (χ4v) is 2.01. The number of carbonyl (C=O) groups excluding carboxylic acids is 2. The highest BCUT2D eigenvalue weighted by Gasteiger charge is 2.11. The van der Waals surface area contributed by atoms with E-state index in [-0.39, 0.29) is 11.8 Å². The van der Waals surface area contributed by atoms with Crippen LogP contribution in [0.3, 0.4) is 0 Å². The number of rotatable bonds is 4. The van der Waals surface area contributed by atoms with Crippen LogP contribution in [-0.4, -0.2) is 29.9 Å². The van der Waals surface area contributed by atoms with Crippen molar-refractivity contribution in [2.45, 2.75) is 13.8 Å². The number of benzene rings is 1. The van der Waals surface area contributed by atoms with E-state index in [0.717, 1.165) is 16.6 Å². The van der Waals surface area contributed by atoms with Gasteiger partial charge in [0.25, 0.3) is 5.91 Å². The van der Waals surface area contributed by atoms with E-state index < -0.39 is 0 Å². The fourth-order valence-electron chi connectivity index (χ4n) is 2.01. The number of para-hydroxylation sites is 1. The molecular weight excluding hydrogens is 254 g/mol. The first-order valence-corrected chi connectivity index (χ1v) is 6.47. The van der Waals surface area contributed by atoms with Gasteiger partial charge in [-0.25, -0.2) is 0 Å². The molecule has 0 aliphatic carbocycles. The Hall–Kier alpha value is -2.43. The SMILES string of the molecule is CC(=O)NCCNC(=O)c1cc(C)nc2ccccc12. The lowest BCUT2D eigenvalue weighted by atomic mass is 10.1. The van der Waals surface area contributed by atoms with E-state index in [4.69, 9.17) is 0 Å². The maximum Gasteiger partial charge on any atom is 0.252 e. The van der Waals surface area contributed by atoms with Crippen LogP contribution in [-0.2, 0) is 4.79 Å². The molecule has 5 heteroatoms. The smallest absolute Gasteiger partial charge is 0.252 e. The van der Waals surface area contributed by atoms with Crippen molar-refractivity contribution in [3.63, 3.8) is 0 Å². The first kappa shape index (κ1) is 14.0. The second kappa shape index (κ2) is 6.14. The van der Waals surface area contributed by atoms with Gasteiger partial charge in [-0.2, -0.15) is 0 Å². The Balaban J connectivity index is 2.15. The number of carbonyl (C=O) groups is 2. The van der Waals surface area contributed by atoms with Crippen LogP contribution in [0.15, 0.2) is 30.3 Å². The van der Waals surface area contributed by atoms with Gasteiger partial charge < -0.3 is 10.6 Å². The second-order valence-electron chi connectivity index (χ2n) is 4.57. The van der Waals surface area contributed by atoms with Gasteiger partial charge in [0, 0.05) is 31.1 Å². The molecule has 2 aromatic rings. The number of nitrogens with zero attached hydrogens (tertiary/aromatic N) is 1. The van der Waals surface area contributed by atoms with Gasteiger partial charge in [-0.15, -0.1) is 0 Å². The molecule has 0 atom stereocenters. The second-order valence-corrected chi connectivity index (χ2v) is 4.57. The number of fused-ring (bicyclic) bond motifs is 1. The lowest BCUT2D eigenvalue weighted by Gasteiger charge is -2.09. The molecule has 104 valence electrons. The van der Waals surface area contributed by atoms with Gasteiger partial charge >= 0.3 is 0 Å². The fraction of sp³-hybridized carbons (Fsp3) is 0.267. The zero-order valence-corrected chi connectivity index (χ0v) is 11.6. The molecule has 0 saturated heterocycles. The number of nitrogens with one attached hydrogen (secondary N) is 2. The topological polar surface area (TPSA) is 71.1 Å². The van der Waals surface area contributed by atoms with Crippen molar-refractivity contribution in [1.29, 1.82) is 0 Å². The summed E-state index contributed by atoms with van der Waals surface area (Å²) in [4.78, 5) is 27.4. The summed E-state index contributed by atoms with van der Waals surface area (Å²) in [5.41, 5.74) is 2.21. The van der Waals surface area contributed by atoms with E-state index >= 15 is 0 Å². The van der Waals surface area contributed by atoms with Crippen molar-refractivity contribution in [2.24, 2.45) is 0 Å². The van der Waals surface area contributed by atoms with Crippen LogP contribution in [0.1, 0.15) is 23.0 Å². The standard InChI is InChI=1S/C15H17N3O2/c1-10-9-13(12-5-3-4-6-14(12)18-10)15(20)17-8-7-16-11(2)19/h3-6,9H,7-8H2,1-2H3,(H,16,19)(H,17,20). The number of pyridine rings is 1. The third kappa shape index (κ3) is 3.32. The third-order valence-electron chi connectivity index (χ3n) is 2.87. The monoisotopic (exact) mass is 271 g/mol. The van der Waals surface area contributed by atoms with E-state index in [0.29, 0.717) is 18.7 Å². The Morgan fingerprint density at radius 2 is 1.85 bits per heavy atom. The predicted octanol–water partition coefficient (Wildman–Crippen LogP) is 1.41. The van der Waals surface area contributed by atoms with E-state index in [1.807, 2.05) is 31.2 Å². The van der Waals surface area contributed by atoms with E-state index in [2.05, 4.69) is 15.6 Å². The molecule has 2 rings (SSSR count). The van der Waals surface area contributed by atoms with Crippen LogP contribution in [0.25, 0.3) is 10.9 Å². The van der Waals surface area contributed by atoms with Gasteiger partial charge in [0.05, 0.1) is 11.1 Å². The lowest BCUT2D eigenvalue weighted by molar-refractivity contribution is -0.118. The highest BCUT2D eigenvalue weighted by atomic mass is 16.2. The molecule has 1 aromatic heterocycles. The number of amides is 2. The van der Waals surface area contributed by atoms with Crippen molar-refractivity contribution >= 4 is 22.7 Å². The number of hydrogen-bond acceptors (Lipinski definition) is 3. The van der Waals surface area contributed by atoms with Crippen LogP contribution in [0.2, 0.25) is 0 Å². The Bertz CT molecular complexity index is 653. The summed E-state index contributed by atoms with van der Waals surface area (Å²) in [6.45, 7) is 4.12. The van der Waals surface area contributed by atoms with Crippen LogP contribution in [0.5, 0.6) is 0 Å². The quantitative estimate of drug-likeness (QED) is 0.826. The zero-order valence-electron chi connectivity index (χ0n) is 11.6. The van der Waals surface area contributed by atoms with Crippen LogP contribution in [0, 0.1) is 6.92 Å². The molecule has 2 N–H and O–H groups in total. The molecule has 0 aliphatic heterocycles. The summed E-state index contributed by atoms with van der Waals surface area (Å²) in [6.07, 6.45) is 0. The molecular formula is C15H17N3O2. The minimum absolute atomic E-state index is 0.107. The van der Waals surface area contributed by atoms with Gasteiger partial charge in [-0.3, -0.25) is 14.6 Å². The van der Waals surface area contributed by atoms with Crippen molar-refractivity contribution in [3.05, 3.63) is 41.6 Å². The maximum atomic E-state index is 12.2. The highest BCUT2D eigenvalue weighted by molar-refractivity contribution is 6.06. The lowest BCUT2D eigenvalue weighted by Crippen LogP contribution is -2.33. The Kier molecular flexibility index (Phi) is 4.30. The van der Waals surface area contributed by atoms with Crippen molar-refractivity contribution < 1.29 is 9.59 Å². The van der Waals surface area contributed by atoms with Gasteiger partial charge in [0.2, 0.25) is 5.91 Å². The number of aromatic nitrogens is 1. The average molecular weight is 271 g/mol. The maximum absolute atomic E-state index is 12.2. The first-order chi connectivity index (χ1) is 9.58.